The summed E-state index contributed by atoms with van der Waals surface area (Å²) in [5.41, 5.74) is 4.19. The zero-order chi connectivity index (χ0) is 17.8. The average Bonchev–Trinajstić information content (AvgIpc) is 3.02. The number of carboxylic acid groups (broad SMARTS) is 1. The molecule has 0 saturated carbocycles. The van der Waals surface area contributed by atoms with Gasteiger partial charge < -0.3 is 9.67 Å². The van der Waals surface area contributed by atoms with Crippen molar-refractivity contribution in [1.82, 2.24) is 4.57 Å². The molecule has 0 radical (unpaired) electrons. The molecule has 0 aliphatic heterocycles. The lowest BCUT2D eigenvalue weighted by atomic mass is 10.0. The molecule has 2 aromatic carbocycles. The van der Waals surface area contributed by atoms with Gasteiger partial charge in [-0.3, -0.25) is 0 Å². The Labute approximate surface area is 148 Å². The zero-order valence-electron chi connectivity index (χ0n) is 14.6. The lowest BCUT2D eigenvalue weighted by Gasteiger charge is -2.20. The first-order valence-corrected chi connectivity index (χ1v) is 8.67. The first-order valence-electron chi connectivity index (χ1n) is 8.67. The summed E-state index contributed by atoms with van der Waals surface area (Å²) in [6.07, 6.45) is 5.57. The summed E-state index contributed by atoms with van der Waals surface area (Å²) in [5.74, 6) is -0.915. The number of aromatic nitrogens is 1. The van der Waals surface area contributed by atoms with E-state index >= 15 is 0 Å². The van der Waals surface area contributed by atoms with Crippen LogP contribution < -0.4 is 0 Å². The van der Waals surface area contributed by atoms with Crippen LogP contribution in [0.2, 0.25) is 0 Å². The van der Waals surface area contributed by atoms with Crippen LogP contribution in [0, 0.1) is 0 Å². The Kier molecular flexibility index (Phi) is 5.03. The number of hydrogen-bond acceptors (Lipinski definition) is 1. The Morgan fingerprint density at radius 2 is 1.92 bits per heavy atom. The quantitative estimate of drug-likeness (QED) is 0.604. The maximum absolute atomic E-state index is 10.9. The maximum Gasteiger partial charge on any atom is 0.328 e. The number of benzene rings is 2. The highest BCUT2D eigenvalue weighted by Gasteiger charge is 2.15. The molecule has 128 valence electrons. The average molecular weight is 333 g/mol. The largest absolute Gasteiger partial charge is 0.478 e. The second kappa shape index (κ2) is 7.39. The Balaban J connectivity index is 2.04. The van der Waals surface area contributed by atoms with Crippen molar-refractivity contribution in [2.24, 2.45) is 0 Å². The lowest BCUT2D eigenvalue weighted by molar-refractivity contribution is -0.131. The van der Waals surface area contributed by atoms with E-state index in [4.69, 9.17) is 5.11 Å². The van der Waals surface area contributed by atoms with Crippen molar-refractivity contribution in [2.75, 3.05) is 0 Å². The van der Waals surface area contributed by atoms with E-state index in [-0.39, 0.29) is 0 Å². The molecule has 0 amide bonds. The first kappa shape index (κ1) is 17.0. The second-order valence-electron chi connectivity index (χ2n) is 6.38. The van der Waals surface area contributed by atoms with Gasteiger partial charge >= 0.3 is 5.97 Å². The molecule has 1 aromatic heterocycles. The standard InChI is InChI=1S/C22H23NO2/c1-3-7-20(17-8-5-4-6-9-17)23-13-12-19-15-18(10-11-21(19)23)16(2)14-22(24)25/h4-6,8-15,20H,3,7H2,1-2H3,(H,24,25)/b16-14+. The first-order chi connectivity index (χ1) is 12.1. The molecule has 0 aliphatic rings. The number of rotatable bonds is 6. The monoisotopic (exact) mass is 333 g/mol. The molecule has 3 nitrogen and oxygen atoms in total. The molecule has 3 rings (SSSR count). The predicted molar refractivity (Wildman–Crippen MR) is 103 cm³/mol. The van der Waals surface area contributed by atoms with Crippen LogP contribution in [0.15, 0.2) is 66.9 Å². The van der Waals surface area contributed by atoms with Gasteiger partial charge in [0.2, 0.25) is 0 Å². The molecule has 1 unspecified atom stereocenters. The molecule has 0 fully saturated rings. The fraction of sp³-hybridized carbons (Fsp3) is 0.227. The Bertz CT molecular complexity index is 906. The third kappa shape index (κ3) is 3.66. The van der Waals surface area contributed by atoms with E-state index in [1.165, 1.54) is 17.2 Å². The van der Waals surface area contributed by atoms with E-state index < -0.39 is 5.97 Å². The maximum atomic E-state index is 10.9. The van der Waals surface area contributed by atoms with Crippen molar-refractivity contribution < 1.29 is 9.90 Å². The van der Waals surface area contributed by atoms with E-state index in [2.05, 4.69) is 60.2 Å². The number of allylic oxidation sites excluding steroid dienone is 1. The van der Waals surface area contributed by atoms with Crippen LogP contribution in [0.5, 0.6) is 0 Å². The van der Waals surface area contributed by atoms with Crippen molar-refractivity contribution in [3.8, 4) is 0 Å². The minimum atomic E-state index is -0.915. The van der Waals surface area contributed by atoms with Gasteiger partial charge in [0, 0.05) is 23.2 Å². The van der Waals surface area contributed by atoms with Crippen LogP contribution in [0.3, 0.4) is 0 Å². The summed E-state index contributed by atoms with van der Waals surface area (Å²) in [4.78, 5) is 10.9. The SMILES string of the molecule is CCCC(c1ccccc1)n1ccc2cc(/C(C)=C/C(=O)O)ccc21. The van der Waals surface area contributed by atoms with Gasteiger partial charge in [-0.2, -0.15) is 0 Å². The molecule has 0 saturated heterocycles. The van der Waals surface area contributed by atoms with Crippen LogP contribution in [-0.4, -0.2) is 15.6 Å². The van der Waals surface area contributed by atoms with E-state index in [9.17, 15) is 4.79 Å². The smallest absolute Gasteiger partial charge is 0.328 e. The minimum Gasteiger partial charge on any atom is -0.478 e. The minimum absolute atomic E-state index is 0.310. The summed E-state index contributed by atoms with van der Waals surface area (Å²) in [5, 5.41) is 10.1. The van der Waals surface area contributed by atoms with E-state index in [1.54, 1.807) is 0 Å². The molecule has 3 aromatic rings. The van der Waals surface area contributed by atoms with Crippen molar-refractivity contribution in [1.29, 1.82) is 0 Å². The van der Waals surface area contributed by atoms with Gasteiger partial charge in [0.1, 0.15) is 0 Å². The third-order valence-electron chi connectivity index (χ3n) is 4.60. The topological polar surface area (TPSA) is 42.2 Å². The Hall–Kier alpha value is -2.81. The fourth-order valence-corrected chi connectivity index (χ4v) is 3.36. The highest BCUT2D eigenvalue weighted by Crippen LogP contribution is 2.30. The summed E-state index contributed by atoms with van der Waals surface area (Å²) < 4.78 is 2.33. The molecule has 0 aliphatic carbocycles. The van der Waals surface area contributed by atoms with Crippen molar-refractivity contribution in [2.45, 2.75) is 32.7 Å². The highest BCUT2D eigenvalue weighted by molar-refractivity contribution is 5.92. The summed E-state index contributed by atoms with van der Waals surface area (Å²) in [6.45, 7) is 4.04. The van der Waals surface area contributed by atoms with E-state index in [0.717, 1.165) is 29.4 Å². The fourth-order valence-electron chi connectivity index (χ4n) is 3.36. The predicted octanol–water partition coefficient (Wildman–Crippen LogP) is 5.52. The van der Waals surface area contributed by atoms with Gasteiger partial charge in [-0.05, 0) is 48.2 Å². The van der Waals surface area contributed by atoms with Crippen LogP contribution in [0.1, 0.15) is 43.9 Å². The van der Waals surface area contributed by atoms with Gasteiger partial charge in [-0.1, -0.05) is 49.7 Å². The number of carboxylic acids is 1. The number of aliphatic carboxylic acids is 1. The molecule has 25 heavy (non-hydrogen) atoms. The Morgan fingerprint density at radius 1 is 1.16 bits per heavy atom. The number of fused-ring (bicyclic) bond motifs is 1. The normalized spacial score (nSPS) is 13.1. The molecular formula is C22H23NO2. The van der Waals surface area contributed by atoms with Gasteiger partial charge in [0.15, 0.2) is 0 Å². The number of hydrogen-bond donors (Lipinski definition) is 1. The third-order valence-corrected chi connectivity index (χ3v) is 4.60. The molecule has 1 N–H and O–H groups in total. The molecule has 0 bridgehead atoms. The molecule has 1 atom stereocenters. The van der Waals surface area contributed by atoms with Gasteiger partial charge in [-0.25, -0.2) is 4.79 Å². The second-order valence-corrected chi connectivity index (χ2v) is 6.38. The Morgan fingerprint density at radius 3 is 2.60 bits per heavy atom. The van der Waals surface area contributed by atoms with Crippen LogP contribution in [-0.2, 0) is 4.79 Å². The van der Waals surface area contributed by atoms with Gasteiger partial charge in [0.05, 0.1) is 6.04 Å². The highest BCUT2D eigenvalue weighted by atomic mass is 16.4. The zero-order valence-corrected chi connectivity index (χ0v) is 14.6. The summed E-state index contributed by atoms with van der Waals surface area (Å²) >= 11 is 0. The molecular weight excluding hydrogens is 310 g/mol. The molecule has 3 heteroatoms. The molecule has 1 heterocycles. The van der Waals surface area contributed by atoms with Crippen molar-refractivity contribution in [3.63, 3.8) is 0 Å². The van der Waals surface area contributed by atoms with Crippen LogP contribution >= 0.6 is 0 Å². The van der Waals surface area contributed by atoms with Gasteiger partial charge in [0.25, 0.3) is 0 Å². The van der Waals surface area contributed by atoms with Crippen LogP contribution in [0.25, 0.3) is 16.5 Å². The lowest BCUT2D eigenvalue weighted by Crippen LogP contribution is -2.09. The number of nitrogens with zero attached hydrogens (tertiary/aromatic N) is 1. The molecule has 0 spiro atoms. The number of carbonyl (C=O) groups is 1. The van der Waals surface area contributed by atoms with Gasteiger partial charge in [-0.15, -0.1) is 0 Å². The van der Waals surface area contributed by atoms with Crippen molar-refractivity contribution in [3.05, 3.63) is 78.0 Å². The summed E-state index contributed by atoms with van der Waals surface area (Å²) in [7, 11) is 0. The van der Waals surface area contributed by atoms with Crippen LogP contribution in [0.4, 0.5) is 0 Å². The van der Waals surface area contributed by atoms with E-state index in [0.29, 0.717) is 6.04 Å². The summed E-state index contributed by atoms with van der Waals surface area (Å²) in [6, 6.07) is 19.2. The van der Waals surface area contributed by atoms with Crippen molar-refractivity contribution >= 4 is 22.4 Å². The van der Waals surface area contributed by atoms with E-state index in [1.807, 2.05) is 19.1 Å².